The van der Waals surface area contributed by atoms with Gasteiger partial charge in [-0.1, -0.05) is 134 Å². The molecule has 1 aliphatic rings. The second-order valence-corrected chi connectivity index (χ2v) is 12.6. The van der Waals surface area contributed by atoms with Crippen LogP contribution in [0.15, 0.2) is 36.7 Å². The van der Waals surface area contributed by atoms with Gasteiger partial charge in [0.15, 0.2) is 0 Å². The molecular weight excluding hydrogens is 486 g/mol. The quantitative estimate of drug-likeness (QED) is 0.156. The van der Waals surface area contributed by atoms with Crippen LogP contribution in [0.2, 0.25) is 0 Å². The number of nitrogens with zero attached hydrogens (tertiary/aromatic N) is 3. The predicted molar refractivity (Wildman–Crippen MR) is 170 cm³/mol. The summed E-state index contributed by atoms with van der Waals surface area (Å²) in [5, 5.41) is 10.0. The topological polar surface area (TPSA) is 49.6 Å². The van der Waals surface area contributed by atoms with E-state index in [2.05, 4.69) is 44.2 Å². The van der Waals surface area contributed by atoms with E-state index in [-0.39, 0.29) is 5.41 Å². The zero-order chi connectivity index (χ0) is 28.3. The molecule has 2 aromatic rings. The molecule has 3 heteroatoms. The van der Waals surface area contributed by atoms with Crippen molar-refractivity contribution in [2.75, 3.05) is 0 Å². The Morgan fingerprint density at radius 3 is 1.70 bits per heavy atom. The molecule has 3 nitrogen and oxygen atoms in total. The second-order valence-electron chi connectivity index (χ2n) is 12.6. The Bertz CT molecular complexity index is 948. The lowest BCUT2D eigenvalue weighted by Crippen LogP contribution is -2.26. The number of benzene rings is 1. The maximum Gasteiger partial charge on any atom is 0.131 e. The molecule has 0 saturated heterocycles. The minimum atomic E-state index is -0.116. The zero-order valence-electron chi connectivity index (χ0n) is 25.9. The third-order valence-electron chi connectivity index (χ3n) is 9.33. The highest BCUT2D eigenvalue weighted by atomic mass is 14.9. The van der Waals surface area contributed by atoms with E-state index in [0.29, 0.717) is 5.92 Å². The van der Waals surface area contributed by atoms with Crippen LogP contribution in [0.3, 0.4) is 0 Å². The minimum Gasteiger partial charge on any atom is -0.240 e. The van der Waals surface area contributed by atoms with Gasteiger partial charge in [-0.05, 0) is 56.1 Å². The summed E-state index contributed by atoms with van der Waals surface area (Å²) in [5.41, 5.74) is 3.61. The monoisotopic (exact) mass is 543 g/mol. The first-order valence-electron chi connectivity index (χ1n) is 17.0. The SMILES string of the molecule is CCCCCCCCCCc1ccc(-c2cnc(C3CCC(C#N)(CCCCCCCCCC)CC3)nc2)cc1. The Kier molecular flexibility index (Phi) is 15.4. The lowest BCUT2D eigenvalue weighted by Gasteiger charge is -2.34. The molecule has 0 spiro atoms. The molecule has 40 heavy (non-hydrogen) atoms. The number of hydrogen-bond acceptors (Lipinski definition) is 3. The van der Waals surface area contributed by atoms with Gasteiger partial charge in [-0.25, -0.2) is 9.97 Å². The van der Waals surface area contributed by atoms with Gasteiger partial charge in [0, 0.05) is 23.9 Å². The van der Waals surface area contributed by atoms with Gasteiger partial charge in [0.1, 0.15) is 5.82 Å². The summed E-state index contributed by atoms with van der Waals surface area (Å²) in [6.45, 7) is 4.55. The van der Waals surface area contributed by atoms with Gasteiger partial charge in [-0.2, -0.15) is 5.26 Å². The molecule has 0 N–H and O–H groups in total. The van der Waals surface area contributed by atoms with Crippen molar-refractivity contribution in [2.24, 2.45) is 5.41 Å². The summed E-state index contributed by atoms with van der Waals surface area (Å²) in [7, 11) is 0. The Balaban J connectivity index is 1.36. The smallest absolute Gasteiger partial charge is 0.131 e. The molecule has 1 aromatic carbocycles. The molecule has 0 unspecified atom stereocenters. The normalized spacial score (nSPS) is 19.0. The van der Waals surface area contributed by atoms with E-state index < -0.39 is 0 Å². The molecule has 3 rings (SSSR count). The molecule has 1 aromatic heterocycles. The molecule has 220 valence electrons. The fourth-order valence-corrected chi connectivity index (χ4v) is 6.47. The van der Waals surface area contributed by atoms with Gasteiger partial charge >= 0.3 is 0 Å². The Morgan fingerprint density at radius 2 is 1.18 bits per heavy atom. The van der Waals surface area contributed by atoms with Crippen molar-refractivity contribution < 1.29 is 0 Å². The summed E-state index contributed by atoms with van der Waals surface area (Å²) in [6, 6.07) is 11.7. The number of nitriles is 1. The molecule has 0 aliphatic heterocycles. The second kappa shape index (κ2) is 19.0. The van der Waals surface area contributed by atoms with Gasteiger partial charge in [0.05, 0.1) is 11.5 Å². The molecule has 1 aliphatic carbocycles. The maximum absolute atomic E-state index is 10.0. The number of aromatic nitrogens is 2. The Hall–Kier alpha value is -2.21. The van der Waals surface area contributed by atoms with Crippen molar-refractivity contribution in [1.29, 1.82) is 5.26 Å². The Morgan fingerprint density at radius 1 is 0.675 bits per heavy atom. The summed E-state index contributed by atoms with van der Waals surface area (Å²) < 4.78 is 0. The number of hydrogen-bond donors (Lipinski definition) is 0. The third kappa shape index (κ3) is 11.3. The summed E-state index contributed by atoms with van der Waals surface area (Å²) in [6.07, 6.45) is 31.9. The zero-order valence-corrected chi connectivity index (χ0v) is 25.9. The van der Waals surface area contributed by atoms with Crippen LogP contribution in [-0.2, 0) is 6.42 Å². The lowest BCUT2D eigenvalue weighted by molar-refractivity contribution is 0.219. The fraction of sp³-hybridized carbons (Fsp3) is 0.703. The first kappa shape index (κ1) is 32.3. The summed E-state index contributed by atoms with van der Waals surface area (Å²) in [5.74, 6) is 1.36. The van der Waals surface area contributed by atoms with Crippen LogP contribution >= 0.6 is 0 Å². The van der Waals surface area contributed by atoms with Gasteiger partial charge in [0.2, 0.25) is 0 Å². The number of rotatable bonds is 20. The molecule has 0 bridgehead atoms. The highest BCUT2D eigenvalue weighted by molar-refractivity contribution is 5.61. The minimum absolute atomic E-state index is 0.116. The molecular formula is C37H57N3. The van der Waals surface area contributed by atoms with Crippen LogP contribution in [0, 0.1) is 16.7 Å². The predicted octanol–water partition coefficient (Wildman–Crippen LogP) is 11.5. The molecule has 1 heterocycles. The van der Waals surface area contributed by atoms with Crippen molar-refractivity contribution in [2.45, 2.75) is 161 Å². The van der Waals surface area contributed by atoms with Gasteiger partial charge in [0.25, 0.3) is 0 Å². The van der Waals surface area contributed by atoms with E-state index in [4.69, 9.17) is 9.97 Å². The highest BCUT2D eigenvalue weighted by Gasteiger charge is 2.36. The standard InChI is InChI=1S/C37H57N3/c1-3-5-7-9-11-13-15-17-19-32-20-22-33(23-21-32)35-29-39-36(40-30-35)34-24-27-37(31-38,28-25-34)26-18-16-14-12-10-8-6-4-2/h20-23,29-30,34H,3-19,24-28H2,1-2H3. The van der Waals surface area contributed by atoms with Crippen LogP contribution in [0.5, 0.6) is 0 Å². The van der Waals surface area contributed by atoms with Crippen molar-refractivity contribution >= 4 is 0 Å². The number of unbranched alkanes of at least 4 members (excludes halogenated alkanes) is 14. The van der Waals surface area contributed by atoms with E-state index in [0.717, 1.165) is 43.5 Å². The van der Waals surface area contributed by atoms with E-state index in [1.807, 2.05) is 12.4 Å². The van der Waals surface area contributed by atoms with Gasteiger partial charge < -0.3 is 0 Å². The van der Waals surface area contributed by atoms with Gasteiger partial charge in [-0.15, -0.1) is 0 Å². The first-order chi connectivity index (χ1) is 19.7. The highest BCUT2D eigenvalue weighted by Crippen LogP contribution is 2.45. The van der Waals surface area contributed by atoms with Crippen molar-refractivity contribution in [3.8, 4) is 17.2 Å². The first-order valence-corrected chi connectivity index (χ1v) is 17.0. The Labute approximate surface area is 246 Å². The average Bonchev–Trinajstić information content (AvgIpc) is 3.00. The van der Waals surface area contributed by atoms with Crippen LogP contribution in [0.4, 0.5) is 0 Å². The molecule has 1 saturated carbocycles. The largest absolute Gasteiger partial charge is 0.240 e. The van der Waals surface area contributed by atoms with Gasteiger partial charge in [-0.3, -0.25) is 0 Å². The molecule has 0 amide bonds. The molecule has 0 radical (unpaired) electrons. The van der Waals surface area contributed by atoms with Crippen LogP contribution in [0.1, 0.15) is 166 Å². The maximum atomic E-state index is 10.0. The van der Waals surface area contributed by atoms with Crippen LogP contribution in [0.25, 0.3) is 11.1 Å². The average molecular weight is 544 g/mol. The van der Waals surface area contributed by atoms with Crippen LogP contribution in [-0.4, -0.2) is 9.97 Å². The molecule has 0 atom stereocenters. The van der Waals surface area contributed by atoms with Crippen molar-refractivity contribution in [3.05, 3.63) is 48.0 Å². The van der Waals surface area contributed by atoms with E-state index in [1.165, 1.54) is 120 Å². The molecule has 1 fully saturated rings. The van der Waals surface area contributed by atoms with Crippen molar-refractivity contribution in [3.63, 3.8) is 0 Å². The van der Waals surface area contributed by atoms with E-state index in [9.17, 15) is 5.26 Å². The van der Waals surface area contributed by atoms with E-state index >= 15 is 0 Å². The number of aryl methyl sites for hydroxylation is 1. The third-order valence-corrected chi connectivity index (χ3v) is 9.33. The van der Waals surface area contributed by atoms with Crippen molar-refractivity contribution in [1.82, 2.24) is 9.97 Å². The summed E-state index contributed by atoms with van der Waals surface area (Å²) >= 11 is 0. The van der Waals surface area contributed by atoms with Crippen LogP contribution < -0.4 is 0 Å². The summed E-state index contributed by atoms with van der Waals surface area (Å²) in [4.78, 5) is 9.59. The van der Waals surface area contributed by atoms with E-state index in [1.54, 1.807) is 0 Å². The lowest BCUT2D eigenvalue weighted by atomic mass is 9.68. The fourth-order valence-electron chi connectivity index (χ4n) is 6.47.